The lowest BCUT2D eigenvalue weighted by Crippen LogP contribution is -2.23. The smallest absolute Gasteiger partial charge is 0.220 e. The SMILES string of the molecule is CCCCCCCC/C=C\CCCCCCCCCCC(CCC)C(N)=O. The summed E-state index contributed by atoms with van der Waals surface area (Å²) in [5.41, 5.74) is 5.46. The largest absolute Gasteiger partial charge is 0.369 e. The number of hydrogen-bond acceptors (Lipinski definition) is 1. The number of nitrogens with two attached hydrogens (primary N) is 1. The molecule has 0 aromatic carbocycles. The van der Waals surface area contributed by atoms with Crippen LogP contribution in [0.5, 0.6) is 0 Å². The molecule has 0 radical (unpaired) electrons. The fourth-order valence-electron chi connectivity index (χ4n) is 3.77. The molecule has 0 aliphatic rings. The lowest BCUT2D eigenvalue weighted by molar-refractivity contribution is -0.122. The van der Waals surface area contributed by atoms with Crippen molar-refractivity contribution in [2.24, 2.45) is 11.7 Å². The molecule has 1 amide bonds. The summed E-state index contributed by atoms with van der Waals surface area (Å²) in [6, 6.07) is 0. The molecule has 27 heavy (non-hydrogen) atoms. The number of amides is 1. The second-order valence-corrected chi connectivity index (χ2v) is 8.32. The number of hydrogen-bond donors (Lipinski definition) is 1. The molecule has 0 saturated carbocycles. The van der Waals surface area contributed by atoms with Crippen LogP contribution in [0.4, 0.5) is 0 Å². The maximum Gasteiger partial charge on any atom is 0.220 e. The van der Waals surface area contributed by atoms with Crippen LogP contribution in [0.3, 0.4) is 0 Å². The van der Waals surface area contributed by atoms with Crippen molar-refractivity contribution >= 4 is 5.91 Å². The second-order valence-electron chi connectivity index (χ2n) is 8.32. The molecule has 2 nitrogen and oxygen atoms in total. The second kappa shape index (κ2) is 21.5. The van der Waals surface area contributed by atoms with Crippen LogP contribution in [-0.2, 0) is 4.79 Å². The number of allylic oxidation sites excluding steroid dienone is 2. The molecule has 1 atom stereocenters. The predicted molar refractivity (Wildman–Crippen MR) is 121 cm³/mol. The van der Waals surface area contributed by atoms with Gasteiger partial charge in [-0.15, -0.1) is 0 Å². The molecule has 2 N–H and O–H groups in total. The average Bonchev–Trinajstić information content (AvgIpc) is 2.66. The Morgan fingerprint density at radius 1 is 0.630 bits per heavy atom. The van der Waals surface area contributed by atoms with Gasteiger partial charge in [0.25, 0.3) is 0 Å². The van der Waals surface area contributed by atoms with Crippen LogP contribution in [0.25, 0.3) is 0 Å². The quantitative estimate of drug-likeness (QED) is 0.159. The molecule has 0 aromatic heterocycles. The predicted octanol–water partition coefficient (Wildman–Crippen LogP) is 8.10. The van der Waals surface area contributed by atoms with Gasteiger partial charge in [-0.25, -0.2) is 0 Å². The van der Waals surface area contributed by atoms with Gasteiger partial charge < -0.3 is 5.73 Å². The normalized spacial score (nSPS) is 12.7. The molecule has 0 saturated heterocycles. The first-order valence-corrected chi connectivity index (χ1v) is 12.2. The summed E-state index contributed by atoms with van der Waals surface area (Å²) < 4.78 is 0. The van der Waals surface area contributed by atoms with E-state index in [1.54, 1.807) is 0 Å². The number of carbonyl (C=O) groups is 1. The van der Waals surface area contributed by atoms with Gasteiger partial charge in [0.1, 0.15) is 0 Å². The first-order valence-electron chi connectivity index (χ1n) is 12.2. The van der Waals surface area contributed by atoms with E-state index >= 15 is 0 Å². The van der Waals surface area contributed by atoms with Gasteiger partial charge in [-0.1, -0.05) is 109 Å². The zero-order valence-electron chi connectivity index (χ0n) is 18.7. The third kappa shape index (κ3) is 19.8. The first kappa shape index (κ1) is 26.2. The van der Waals surface area contributed by atoms with Gasteiger partial charge in [-0.05, 0) is 38.5 Å². The van der Waals surface area contributed by atoms with E-state index in [0.29, 0.717) is 0 Å². The fourth-order valence-corrected chi connectivity index (χ4v) is 3.77. The molecule has 1 unspecified atom stereocenters. The van der Waals surface area contributed by atoms with Gasteiger partial charge in [0.15, 0.2) is 0 Å². The van der Waals surface area contributed by atoms with Crippen LogP contribution in [0.1, 0.15) is 136 Å². The third-order valence-electron chi connectivity index (χ3n) is 5.60. The van der Waals surface area contributed by atoms with Crippen LogP contribution in [-0.4, -0.2) is 5.91 Å². The topological polar surface area (TPSA) is 43.1 Å². The van der Waals surface area contributed by atoms with Gasteiger partial charge in [0, 0.05) is 5.92 Å². The van der Waals surface area contributed by atoms with Crippen LogP contribution in [0.15, 0.2) is 12.2 Å². The van der Waals surface area contributed by atoms with Crippen molar-refractivity contribution in [1.29, 1.82) is 0 Å². The molecule has 0 fully saturated rings. The van der Waals surface area contributed by atoms with E-state index in [2.05, 4.69) is 26.0 Å². The molecular weight excluding hydrogens is 330 g/mol. The van der Waals surface area contributed by atoms with Crippen LogP contribution < -0.4 is 5.73 Å². The maximum absolute atomic E-state index is 11.3. The van der Waals surface area contributed by atoms with Gasteiger partial charge in [-0.3, -0.25) is 4.79 Å². The maximum atomic E-state index is 11.3. The summed E-state index contributed by atoms with van der Waals surface area (Å²) >= 11 is 0. The number of carbonyl (C=O) groups excluding carboxylic acids is 1. The zero-order chi connectivity index (χ0) is 20.0. The summed E-state index contributed by atoms with van der Waals surface area (Å²) in [5.74, 6) is 0.0157. The minimum absolute atomic E-state index is 0.0992. The fraction of sp³-hybridized carbons (Fsp3) is 0.880. The van der Waals surface area contributed by atoms with E-state index in [-0.39, 0.29) is 11.8 Å². The number of primary amides is 1. The van der Waals surface area contributed by atoms with Gasteiger partial charge in [0.05, 0.1) is 0 Å². The Labute approximate surface area is 170 Å². The minimum atomic E-state index is -0.0992. The standard InChI is InChI=1S/C25H49NO/c1-3-5-6-7-8-9-10-11-12-13-14-15-16-17-18-19-20-21-23-24(22-4-2)25(26)27/h11-12,24H,3-10,13-23H2,1-2H3,(H2,26,27)/b12-11-. The highest BCUT2D eigenvalue weighted by Crippen LogP contribution is 2.17. The van der Waals surface area contributed by atoms with Gasteiger partial charge in [0.2, 0.25) is 5.91 Å². The van der Waals surface area contributed by atoms with Crippen molar-refractivity contribution in [3.8, 4) is 0 Å². The van der Waals surface area contributed by atoms with Crippen molar-refractivity contribution in [2.75, 3.05) is 0 Å². The van der Waals surface area contributed by atoms with Crippen molar-refractivity contribution in [3.63, 3.8) is 0 Å². The van der Waals surface area contributed by atoms with Crippen LogP contribution >= 0.6 is 0 Å². The summed E-state index contributed by atoms with van der Waals surface area (Å²) in [4.78, 5) is 11.3. The first-order chi connectivity index (χ1) is 13.2. The molecule has 0 aromatic rings. The molecular formula is C25H49NO. The number of rotatable bonds is 21. The Kier molecular flexibility index (Phi) is 20.9. The molecule has 0 rings (SSSR count). The average molecular weight is 380 g/mol. The number of unbranched alkanes of at least 4 members (excludes halogenated alkanes) is 14. The molecule has 160 valence electrons. The summed E-state index contributed by atoms with van der Waals surface area (Å²) in [6.07, 6.45) is 29.3. The molecule has 2 heteroatoms. The van der Waals surface area contributed by atoms with Crippen molar-refractivity contribution < 1.29 is 4.79 Å². The zero-order valence-corrected chi connectivity index (χ0v) is 18.7. The molecule has 0 heterocycles. The van der Waals surface area contributed by atoms with Crippen molar-refractivity contribution in [3.05, 3.63) is 12.2 Å². The Morgan fingerprint density at radius 3 is 1.52 bits per heavy atom. The Bertz CT molecular complexity index is 337. The lowest BCUT2D eigenvalue weighted by atomic mass is 9.95. The molecule has 0 spiro atoms. The Hall–Kier alpha value is -0.790. The highest BCUT2D eigenvalue weighted by Gasteiger charge is 2.12. The van der Waals surface area contributed by atoms with Crippen molar-refractivity contribution in [1.82, 2.24) is 0 Å². The molecule has 0 aliphatic carbocycles. The summed E-state index contributed by atoms with van der Waals surface area (Å²) in [5, 5.41) is 0. The van der Waals surface area contributed by atoms with E-state index < -0.39 is 0 Å². The van der Waals surface area contributed by atoms with Crippen molar-refractivity contribution in [2.45, 2.75) is 136 Å². The monoisotopic (exact) mass is 379 g/mol. The van der Waals surface area contributed by atoms with E-state index in [1.807, 2.05) is 0 Å². The minimum Gasteiger partial charge on any atom is -0.369 e. The highest BCUT2D eigenvalue weighted by atomic mass is 16.1. The van der Waals surface area contributed by atoms with Crippen LogP contribution in [0.2, 0.25) is 0 Å². The summed E-state index contributed by atoms with van der Waals surface area (Å²) in [6.45, 7) is 4.40. The summed E-state index contributed by atoms with van der Waals surface area (Å²) in [7, 11) is 0. The lowest BCUT2D eigenvalue weighted by Gasteiger charge is -2.11. The third-order valence-corrected chi connectivity index (χ3v) is 5.60. The molecule has 0 bridgehead atoms. The molecule has 0 aliphatic heterocycles. The Morgan fingerprint density at radius 2 is 1.07 bits per heavy atom. The van der Waals surface area contributed by atoms with Gasteiger partial charge >= 0.3 is 0 Å². The van der Waals surface area contributed by atoms with E-state index in [9.17, 15) is 4.79 Å². The van der Waals surface area contributed by atoms with E-state index in [1.165, 1.54) is 96.3 Å². The van der Waals surface area contributed by atoms with Crippen LogP contribution in [0, 0.1) is 5.92 Å². The Balaban J connectivity index is 3.24. The van der Waals surface area contributed by atoms with E-state index in [0.717, 1.165) is 25.7 Å². The van der Waals surface area contributed by atoms with Gasteiger partial charge in [-0.2, -0.15) is 0 Å². The highest BCUT2D eigenvalue weighted by molar-refractivity contribution is 5.76. The van der Waals surface area contributed by atoms with E-state index in [4.69, 9.17) is 5.73 Å².